The van der Waals surface area contributed by atoms with E-state index in [1.807, 2.05) is 31.2 Å². The number of rotatable bonds is 5. The minimum atomic E-state index is 0.283. The van der Waals surface area contributed by atoms with Crippen LogP contribution in [-0.2, 0) is 4.79 Å². The van der Waals surface area contributed by atoms with E-state index in [1.165, 1.54) is 0 Å². The first-order chi connectivity index (χ1) is 6.76. The minimum Gasteiger partial charge on any atom is -0.497 e. The zero-order valence-electron chi connectivity index (χ0n) is 8.45. The number of ether oxygens (including phenoxy) is 1. The molecule has 0 fully saturated rings. The molecule has 1 aromatic rings. The normalized spacial score (nSPS) is 9.86. The van der Waals surface area contributed by atoms with Crippen molar-refractivity contribution in [3.05, 3.63) is 24.3 Å². The van der Waals surface area contributed by atoms with Crippen molar-refractivity contribution in [2.45, 2.75) is 18.2 Å². The van der Waals surface area contributed by atoms with Crippen molar-refractivity contribution in [2.24, 2.45) is 0 Å². The maximum atomic E-state index is 11.1. The summed E-state index contributed by atoms with van der Waals surface area (Å²) in [4.78, 5) is 12.2. The summed E-state index contributed by atoms with van der Waals surface area (Å²) < 4.78 is 5.04. The Morgan fingerprint density at radius 2 is 2.00 bits per heavy atom. The molecule has 0 radical (unpaired) electrons. The molecule has 0 aromatic heterocycles. The molecule has 0 N–H and O–H groups in total. The standard InChI is InChI=1S/C11H14O2S/c1-3-9(12)8-14-11-6-4-10(13-2)5-7-11/h4-7H,3,8H2,1-2H3. The minimum absolute atomic E-state index is 0.283. The predicted molar refractivity (Wildman–Crippen MR) is 59.0 cm³/mol. The predicted octanol–water partition coefficient (Wildman–Crippen LogP) is 2.77. The van der Waals surface area contributed by atoms with E-state index in [0.717, 1.165) is 10.6 Å². The summed E-state index contributed by atoms with van der Waals surface area (Å²) in [6.45, 7) is 1.89. The Kier molecular flexibility index (Phi) is 4.53. The maximum Gasteiger partial charge on any atom is 0.142 e. The third-order valence-corrected chi connectivity index (χ3v) is 2.93. The summed E-state index contributed by atoms with van der Waals surface area (Å²) in [6, 6.07) is 7.73. The highest BCUT2D eigenvalue weighted by molar-refractivity contribution is 8.00. The lowest BCUT2D eigenvalue weighted by Crippen LogP contribution is -1.97. The smallest absolute Gasteiger partial charge is 0.142 e. The molecule has 0 aliphatic carbocycles. The van der Waals surface area contributed by atoms with Crippen LogP contribution in [-0.4, -0.2) is 18.6 Å². The summed E-state index contributed by atoms with van der Waals surface area (Å²) in [5.74, 6) is 1.69. The van der Waals surface area contributed by atoms with Crippen LogP contribution in [0.3, 0.4) is 0 Å². The molecule has 1 rings (SSSR count). The highest BCUT2D eigenvalue weighted by Crippen LogP contribution is 2.21. The topological polar surface area (TPSA) is 26.3 Å². The van der Waals surface area contributed by atoms with E-state index in [4.69, 9.17) is 4.74 Å². The quantitative estimate of drug-likeness (QED) is 0.699. The number of thioether (sulfide) groups is 1. The van der Waals surface area contributed by atoms with E-state index in [2.05, 4.69) is 0 Å². The molecule has 0 aliphatic rings. The molecule has 0 heterocycles. The summed E-state index contributed by atoms with van der Waals surface area (Å²) in [5, 5.41) is 0. The van der Waals surface area contributed by atoms with Gasteiger partial charge in [-0.3, -0.25) is 4.79 Å². The second kappa shape index (κ2) is 5.70. The van der Waals surface area contributed by atoms with Crippen LogP contribution in [0.15, 0.2) is 29.2 Å². The average molecular weight is 210 g/mol. The first-order valence-electron chi connectivity index (χ1n) is 4.54. The number of benzene rings is 1. The van der Waals surface area contributed by atoms with Gasteiger partial charge in [0.2, 0.25) is 0 Å². The third kappa shape index (κ3) is 3.42. The Labute approximate surface area is 88.7 Å². The van der Waals surface area contributed by atoms with E-state index in [9.17, 15) is 4.79 Å². The van der Waals surface area contributed by atoms with Crippen molar-refractivity contribution in [1.82, 2.24) is 0 Å². The van der Waals surface area contributed by atoms with E-state index in [0.29, 0.717) is 12.2 Å². The zero-order chi connectivity index (χ0) is 10.4. The highest BCUT2D eigenvalue weighted by atomic mass is 32.2. The third-order valence-electron chi connectivity index (χ3n) is 1.85. The van der Waals surface area contributed by atoms with E-state index in [1.54, 1.807) is 18.9 Å². The van der Waals surface area contributed by atoms with Crippen molar-refractivity contribution < 1.29 is 9.53 Å². The second-order valence-corrected chi connectivity index (χ2v) is 3.91. The molecule has 2 nitrogen and oxygen atoms in total. The number of Topliss-reactive ketones (excluding diaryl/α,β-unsaturated/α-hetero) is 1. The highest BCUT2D eigenvalue weighted by Gasteiger charge is 2.00. The van der Waals surface area contributed by atoms with E-state index in [-0.39, 0.29) is 5.78 Å². The summed E-state index contributed by atoms with van der Waals surface area (Å²) in [7, 11) is 1.64. The van der Waals surface area contributed by atoms with Gasteiger partial charge in [0.05, 0.1) is 12.9 Å². The Morgan fingerprint density at radius 1 is 1.36 bits per heavy atom. The van der Waals surface area contributed by atoms with Crippen LogP contribution in [0.4, 0.5) is 0 Å². The van der Waals surface area contributed by atoms with Gasteiger partial charge in [-0.05, 0) is 24.3 Å². The number of carbonyl (C=O) groups is 1. The Balaban J connectivity index is 2.47. The van der Waals surface area contributed by atoms with E-state index < -0.39 is 0 Å². The molecular formula is C11H14O2S. The van der Waals surface area contributed by atoms with Gasteiger partial charge < -0.3 is 4.74 Å². The van der Waals surface area contributed by atoms with Gasteiger partial charge >= 0.3 is 0 Å². The monoisotopic (exact) mass is 210 g/mol. The molecule has 0 saturated heterocycles. The largest absolute Gasteiger partial charge is 0.497 e. The van der Waals surface area contributed by atoms with Gasteiger partial charge in [0, 0.05) is 11.3 Å². The number of carbonyl (C=O) groups excluding carboxylic acids is 1. The van der Waals surface area contributed by atoms with Gasteiger partial charge in [-0.1, -0.05) is 6.92 Å². The molecule has 0 amide bonds. The number of hydrogen-bond donors (Lipinski definition) is 0. The average Bonchev–Trinajstić information content (AvgIpc) is 2.26. The molecule has 76 valence electrons. The van der Waals surface area contributed by atoms with Crippen molar-refractivity contribution in [1.29, 1.82) is 0 Å². The molecule has 0 unspecified atom stereocenters. The van der Waals surface area contributed by atoms with Crippen molar-refractivity contribution >= 4 is 17.5 Å². The lowest BCUT2D eigenvalue weighted by atomic mass is 10.3. The second-order valence-electron chi connectivity index (χ2n) is 2.86. The molecule has 0 aliphatic heterocycles. The van der Waals surface area contributed by atoms with Crippen LogP contribution in [0.1, 0.15) is 13.3 Å². The SMILES string of the molecule is CCC(=O)CSc1ccc(OC)cc1. The van der Waals surface area contributed by atoms with Gasteiger partial charge in [0.1, 0.15) is 11.5 Å². The Bertz CT molecular complexity index is 293. The zero-order valence-corrected chi connectivity index (χ0v) is 9.26. The number of ketones is 1. The molecule has 14 heavy (non-hydrogen) atoms. The fourth-order valence-electron chi connectivity index (χ4n) is 0.938. The van der Waals surface area contributed by atoms with Crippen LogP contribution in [0.25, 0.3) is 0 Å². The molecule has 0 atom stereocenters. The van der Waals surface area contributed by atoms with Crippen molar-refractivity contribution in [3.63, 3.8) is 0 Å². The first-order valence-corrected chi connectivity index (χ1v) is 5.53. The molecule has 0 bridgehead atoms. The lowest BCUT2D eigenvalue weighted by Gasteiger charge is -2.02. The van der Waals surface area contributed by atoms with Gasteiger partial charge in [-0.15, -0.1) is 11.8 Å². The fourth-order valence-corrected chi connectivity index (χ4v) is 1.80. The summed E-state index contributed by atoms with van der Waals surface area (Å²) in [6.07, 6.45) is 0.614. The van der Waals surface area contributed by atoms with Crippen LogP contribution in [0, 0.1) is 0 Å². The Hall–Kier alpha value is -0.960. The molecule has 0 spiro atoms. The number of methoxy groups -OCH3 is 1. The van der Waals surface area contributed by atoms with Crippen LogP contribution in [0.5, 0.6) is 5.75 Å². The van der Waals surface area contributed by atoms with E-state index >= 15 is 0 Å². The molecular weight excluding hydrogens is 196 g/mol. The maximum absolute atomic E-state index is 11.1. The molecule has 0 saturated carbocycles. The lowest BCUT2D eigenvalue weighted by molar-refractivity contribution is -0.116. The molecule has 1 aromatic carbocycles. The number of hydrogen-bond acceptors (Lipinski definition) is 3. The van der Waals surface area contributed by atoms with Crippen molar-refractivity contribution in [3.8, 4) is 5.75 Å². The van der Waals surface area contributed by atoms with Gasteiger partial charge in [-0.2, -0.15) is 0 Å². The first kappa shape index (κ1) is 11.1. The fraction of sp³-hybridized carbons (Fsp3) is 0.364. The summed E-state index contributed by atoms with van der Waals surface area (Å²) >= 11 is 1.57. The Morgan fingerprint density at radius 3 is 2.50 bits per heavy atom. The van der Waals surface area contributed by atoms with Gasteiger partial charge in [-0.25, -0.2) is 0 Å². The van der Waals surface area contributed by atoms with Crippen LogP contribution in [0.2, 0.25) is 0 Å². The van der Waals surface area contributed by atoms with Gasteiger partial charge in [0.25, 0.3) is 0 Å². The van der Waals surface area contributed by atoms with Crippen LogP contribution < -0.4 is 4.74 Å². The molecule has 3 heteroatoms. The van der Waals surface area contributed by atoms with Gasteiger partial charge in [0.15, 0.2) is 0 Å². The van der Waals surface area contributed by atoms with Crippen molar-refractivity contribution in [2.75, 3.05) is 12.9 Å². The van der Waals surface area contributed by atoms with Crippen LogP contribution >= 0.6 is 11.8 Å². The summed E-state index contributed by atoms with van der Waals surface area (Å²) in [5.41, 5.74) is 0.